The lowest BCUT2D eigenvalue weighted by Crippen LogP contribution is -2.35. The largest absolute Gasteiger partial charge is 0.382 e. The van der Waals surface area contributed by atoms with E-state index < -0.39 is 0 Å². The quantitative estimate of drug-likeness (QED) is 0.893. The summed E-state index contributed by atoms with van der Waals surface area (Å²) < 4.78 is 11.0. The molecule has 0 aliphatic carbocycles. The molecular formula is C16H24N2O2. The number of nitrogens with one attached hydrogen (secondary N) is 1. The lowest BCUT2D eigenvalue weighted by molar-refractivity contribution is 0.0342. The summed E-state index contributed by atoms with van der Waals surface area (Å²) in [5.41, 5.74) is 2.56. The maximum atomic E-state index is 5.62. The summed E-state index contributed by atoms with van der Waals surface area (Å²) in [4.78, 5) is 2.44. The van der Waals surface area contributed by atoms with Crippen LogP contribution in [0.4, 0.5) is 5.69 Å². The van der Waals surface area contributed by atoms with Crippen molar-refractivity contribution in [3.05, 3.63) is 29.8 Å². The number of morpholine rings is 1. The molecule has 0 amide bonds. The second kappa shape index (κ2) is 7.07. The fourth-order valence-corrected chi connectivity index (χ4v) is 2.78. The van der Waals surface area contributed by atoms with Crippen molar-refractivity contribution in [1.29, 1.82) is 0 Å². The SMILES string of the molecule is c1cc(NCC2CCCO2)ccc1CN1CCOCC1. The van der Waals surface area contributed by atoms with Gasteiger partial charge in [0.15, 0.2) is 0 Å². The summed E-state index contributed by atoms with van der Waals surface area (Å²) in [6, 6.07) is 8.77. The first kappa shape index (κ1) is 13.9. The molecule has 4 nitrogen and oxygen atoms in total. The van der Waals surface area contributed by atoms with Gasteiger partial charge in [-0.3, -0.25) is 4.90 Å². The van der Waals surface area contributed by atoms with E-state index in [1.807, 2.05) is 0 Å². The van der Waals surface area contributed by atoms with Gasteiger partial charge in [0.05, 0.1) is 19.3 Å². The van der Waals surface area contributed by atoms with Crippen LogP contribution < -0.4 is 5.32 Å². The standard InChI is InChI=1S/C16H24N2O2/c1-2-16(20-9-1)12-17-15-5-3-14(4-6-15)13-18-7-10-19-11-8-18/h3-6,16-17H,1-2,7-13H2. The van der Waals surface area contributed by atoms with Gasteiger partial charge < -0.3 is 14.8 Å². The molecule has 1 atom stereocenters. The van der Waals surface area contributed by atoms with Gasteiger partial charge in [0.2, 0.25) is 0 Å². The molecule has 2 saturated heterocycles. The van der Waals surface area contributed by atoms with Crippen LogP contribution in [0.5, 0.6) is 0 Å². The molecule has 0 bridgehead atoms. The van der Waals surface area contributed by atoms with E-state index in [0.717, 1.165) is 46.0 Å². The van der Waals surface area contributed by atoms with Gasteiger partial charge >= 0.3 is 0 Å². The number of rotatable bonds is 5. The Hall–Kier alpha value is -1.10. The first-order valence-corrected chi connectivity index (χ1v) is 7.65. The lowest BCUT2D eigenvalue weighted by atomic mass is 10.2. The fourth-order valence-electron chi connectivity index (χ4n) is 2.78. The predicted octanol–water partition coefficient (Wildman–Crippen LogP) is 2.11. The third kappa shape index (κ3) is 3.95. The third-order valence-electron chi connectivity index (χ3n) is 4.02. The monoisotopic (exact) mass is 276 g/mol. The minimum absolute atomic E-state index is 0.392. The van der Waals surface area contributed by atoms with Gasteiger partial charge in [-0.05, 0) is 30.5 Å². The Balaban J connectivity index is 1.46. The molecule has 2 aliphatic heterocycles. The molecule has 3 rings (SSSR count). The normalized spacial score (nSPS) is 23.9. The first-order chi connectivity index (χ1) is 9.90. The topological polar surface area (TPSA) is 33.7 Å². The zero-order valence-electron chi connectivity index (χ0n) is 12.0. The van der Waals surface area contributed by atoms with Crippen LogP contribution in [0.2, 0.25) is 0 Å². The van der Waals surface area contributed by atoms with Gasteiger partial charge in [-0.1, -0.05) is 12.1 Å². The van der Waals surface area contributed by atoms with E-state index in [1.165, 1.54) is 24.1 Å². The van der Waals surface area contributed by atoms with Crippen molar-refractivity contribution in [2.24, 2.45) is 0 Å². The second-order valence-electron chi connectivity index (χ2n) is 5.60. The average molecular weight is 276 g/mol. The minimum Gasteiger partial charge on any atom is -0.382 e. The van der Waals surface area contributed by atoms with Crippen LogP contribution in [0.1, 0.15) is 18.4 Å². The van der Waals surface area contributed by atoms with E-state index >= 15 is 0 Å². The minimum atomic E-state index is 0.392. The highest BCUT2D eigenvalue weighted by Gasteiger charge is 2.14. The molecule has 110 valence electrons. The Morgan fingerprint density at radius 1 is 1.10 bits per heavy atom. The number of nitrogens with zero attached hydrogens (tertiary/aromatic N) is 1. The van der Waals surface area contributed by atoms with Crippen LogP contribution in [0.15, 0.2) is 24.3 Å². The van der Waals surface area contributed by atoms with Crippen LogP contribution in [0, 0.1) is 0 Å². The molecule has 2 heterocycles. The van der Waals surface area contributed by atoms with E-state index in [9.17, 15) is 0 Å². The highest BCUT2D eigenvalue weighted by molar-refractivity contribution is 5.44. The predicted molar refractivity (Wildman–Crippen MR) is 80.0 cm³/mol. The molecule has 1 aromatic rings. The van der Waals surface area contributed by atoms with Crippen molar-refractivity contribution in [1.82, 2.24) is 4.90 Å². The van der Waals surface area contributed by atoms with Gasteiger partial charge in [-0.15, -0.1) is 0 Å². The molecule has 4 heteroatoms. The van der Waals surface area contributed by atoms with E-state index in [0.29, 0.717) is 6.10 Å². The van der Waals surface area contributed by atoms with Crippen molar-refractivity contribution < 1.29 is 9.47 Å². The van der Waals surface area contributed by atoms with Crippen LogP contribution in [0.3, 0.4) is 0 Å². The maximum Gasteiger partial charge on any atom is 0.0748 e. The van der Waals surface area contributed by atoms with Crippen LogP contribution in [-0.2, 0) is 16.0 Å². The van der Waals surface area contributed by atoms with Gasteiger partial charge in [0.1, 0.15) is 0 Å². The molecule has 20 heavy (non-hydrogen) atoms. The Bertz CT molecular complexity index is 395. The Morgan fingerprint density at radius 2 is 1.90 bits per heavy atom. The van der Waals surface area contributed by atoms with Crippen molar-refractivity contribution in [3.63, 3.8) is 0 Å². The Labute approximate surface area is 121 Å². The third-order valence-corrected chi connectivity index (χ3v) is 4.02. The van der Waals surface area contributed by atoms with Crippen molar-refractivity contribution in [3.8, 4) is 0 Å². The number of hydrogen-bond acceptors (Lipinski definition) is 4. The smallest absolute Gasteiger partial charge is 0.0748 e. The fraction of sp³-hybridized carbons (Fsp3) is 0.625. The summed E-state index contributed by atoms with van der Waals surface area (Å²) in [5.74, 6) is 0. The zero-order chi connectivity index (χ0) is 13.6. The molecule has 2 fully saturated rings. The zero-order valence-corrected chi connectivity index (χ0v) is 12.0. The Kier molecular flexibility index (Phi) is 4.90. The summed E-state index contributed by atoms with van der Waals surface area (Å²) in [6.45, 7) is 6.67. The number of hydrogen-bond donors (Lipinski definition) is 1. The molecular weight excluding hydrogens is 252 g/mol. The van der Waals surface area contributed by atoms with Crippen LogP contribution >= 0.6 is 0 Å². The Morgan fingerprint density at radius 3 is 2.60 bits per heavy atom. The highest BCUT2D eigenvalue weighted by atomic mass is 16.5. The first-order valence-electron chi connectivity index (χ1n) is 7.65. The lowest BCUT2D eigenvalue weighted by Gasteiger charge is -2.26. The number of anilines is 1. The molecule has 0 radical (unpaired) electrons. The summed E-state index contributed by atoms with van der Waals surface area (Å²) >= 11 is 0. The molecule has 1 N–H and O–H groups in total. The second-order valence-corrected chi connectivity index (χ2v) is 5.60. The molecule has 1 unspecified atom stereocenters. The van der Waals surface area contributed by atoms with Crippen molar-refractivity contribution in [2.75, 3.05) is 44.8 Å². The summed E-state index contributed by atoms with van der Waals surface area (Å²) in [6.07, 6.45) is 2.77. The number of ether oxygens (including phenoxy) is 2. The summed E-state index contributed by atoms with van der Waals surface area (Å²) in [5, 5.41) is 3.46. The average Bonchev–Trinajstić information content (AvgIpc) is 3.01. The molecule has 0 saturated carbocycles. The molecule has 2 aliphatic rings. The number of benzene rings is 1. The maximum absolute atomic E-state index is 5.62. The molecule has 0 aromatic heterocycles. The van der Waals surface area contributed by atoms with Gasteiger partial charge in [0.25, 0.3) is 0 Å². The highest BCUT2D eigenvalue weighted by Crippen LogP contribution is 2.15. The van der Waals surface area contributed by atoms with Crippen molar-refractivity contribution in [2.45, 2.75) is 25.5 Å². The summed E-state index contributed by atoms with van der Waals surface area (Å²) in [7, 11) is 0. The van der Waals surface area contributed by atoms with Crippen LogP contribution in [-0.4, -0.2) is 50.5 Å². The molecule has 1 aromatic carbocycles. The van der Waals surface area contributed by atoms with Crippen LogP contribution in [0.25, 0.3) is 0 Å². The van der Waals surface area contributed by atoms with Gasteiger partial charge in [0, 0.05) is 38.5 Å². The molecule has 0 spiro atoms. The van der Waals surface area contributed by atoms with Gasteiger partial charge in [-0.25, -0.2) is 0 Å². The van der Waals surface area contributed by atoms with Crippen molar-refractivity contribution >= 4 is 5.69 Å². The van der Waals surface area contributed by atoms with E-state index in [1.54, 1.807) is 0 Å². The van der Waals surface area contributed by atoms with E-state index in [-0.39, 0.29) is 0 Å². The van der Waals surface area contributed by atoms with E-state index in [2.05, 4.69) is 34.5 Å². The van der Waals surface area contributed by atoms with Gasteiger partial charge in [-0.2, -0.15) is 0 Å². The van der Waals surface area contributed by atoms with E-state index in [4.69, 9.17) is 9.47 Å².